The number of hydrogen-bond donors (Lipinski definition) is 2. The highest BCUT2D eigenvalue weighted by Crippen LogP contribution is 2.25. The molecule has 5 heteroatoms. The van der Waals surface area contributed by atoms with Crippen molar-refractivity contribution >= 4 is 22.4 Å². The Morgan fingerprint density at radius 3 is 2.79 bits per heavy atom. The highest BCUT2D eigenvalue weighted by Gasteiger charge is 2.15. The van der Waals surface area contributed by atoms with E-state index in [0.29, 0.717) is 11.6 Å². The Morgan fingerprint density at radius 1 is 1.29 bits per heavy atom. The standard InChI is InChI=1S/C19H21N3OS/c1-4-8-20-17(12(2)3)13-5-6-15-16(10-13)21-18(19(23)22-15)14-7-9-24-11-14/h4-12,17,20H,1-3H3,(H,22,23)/b8-4-. The summed E-state index contributed by atoms with van der Waals surface area (Å²) in [5, 5.41) is 7.32. The van der Waals surface area contributed by atoms with Crippen LogP contribution in [0.4, 0.5) is 0 Å². The van der Waals surface area contributed by atoms with Gasteiger partial charge in [0.25, 0.3) is 5.56 Å². The lowest BCUT2D eigenvalue weighted by Crippen LogP contribution is -2.21. The average Bonchev–Trinajstić information content (AvgIpc) is 3.08. The first-order chi connectivity index (χ1) is 11.6. The van der Waals surface area contributed by atoms with E-state index in [9.17, 15) is 4.79 Å². The topological polar surface area (TPSA) is 57.8 Å². The van der Waals surface area contributed by atoms with Crippen LogP contribution in [-0.4, -0.2) is 9.97 Å². The number of nitrogens with one attached hydrogen (secondary N) is 2. The Labute approximate surface area is 145 Å². The summed E-state index contributed by atoms with van der Waals surface area (Å²) in [7, 11) is 0. The summed E-state index contributed by atoms with van der Waals surface area (Å²) in [5.41, 5.74) is 3.91. The van der Waals surface area contributed by atoms with Gasteiger partial charge < -0.3 is 10.3 Å². The molecule has 0 aliphatic heterocycles. The minimum absolute atomic E-state index is 0.152. The molecule has 0 saturated heterocycles. The second-order valence-corrected chi connectivity index (χ2v) is 6.87. The molecule has 0 saturated carbocycles. The number of fused-ring (bicyclic) bond motifs is 1. The van der Waals surface area contributed by atoms with Crippen molar-refractivity contribution in [3.05, 3.63) is 63.2 Å². The fraction of sp³-hybridized carbons (Fsp3) is 0.263. The number of aromatic amines is 1. The van der Waals surface area contributed by atoms with Crippen LogP contribution in [-0.2, 0) is 0 Å². The highest BCUT2D eigenvalue weighted by atomic mass is 32.1. The number of aromatic nitrogens is 2. The number of benzene rings is 1. The molecule has 3 aromatic rings. The van der Waals surface area contributed by atoms with Crippen molar-refractivity contribution in [1.82, 2.24) is 15.3 Å². The molecule has 1 aromatic carbocycles. The summed E-state index contributed by atoms with van der Waals surface area (Å²) in [6.45, 7) is 6.36. The van der Waals surface area contributed by atoms with Crippen LogP contribution in [0.3, 0.4) is 0 Å². The smallest absolute Gasteiger partial charge is 0.274 e. The summed E-state index contributed by atoms with van der Waals surface area (Å²) < 4.78 is 0. The molecule has 2 heterocycles. The lowest BCUT2D eigenvalue weighted by molar-refractivity contribution is 0.458. The van der Waals surface area contributed by atoms with E-state index < -0.39 is 0 Å². The Bertz CT molecular complexity index is 910. The number of allylic oxidation sites excluding steroid dienone is 1. The van der Waals surface area contributed by atoms with Crippen molar-refractivity contribution < 1.29 is 0 Å². The van der Waals surface area contributed by atoms with E-state index in [2.05, 4.69) is 35.2 Å². The molecule has 0 aliphatic carbocycles. The van der Waals surface area contributed by atoms with Gasteiger partial charge in [-0.05, 0) is 48.2 Å². The monoisotopic (exact) mass is 339 g/mol. The SMILES string of the molecule is C/C=C\NC(c1ccc2[nH]c(=O)c(-c3ccsc3)nc2c1)C(C)C. The molecule has 1 unspecified atom stereocenters. The Balaban J connectivity index is 2.09. The lowest BCUT2D eigenvalue weighted by Gasteiger charge is -2.22. The Kier molecular flexibility index (Phi) is 4.81. The normalized spacial score (nSPS) is 13.0. The van der Waals surface area contributed by atoms with Gasteiger partial charge in [-0.15, -0.1) is 0 Å². The maximum atomic E-state index is 12.3. The fourth-order valence-electron chi connectivity index (χ4n) is 2.76. The van der Waals surface area contributed by atoms with Crippen molar-refractivity contribution in [1.29, 1.82) is 0 Å². The second-order valence-electron chi connectivity index (χ2n) is 6.09. The van der Waals surface area contributed by atoms with E-state index >= 15 is 0 Å². The maximum absolute atomic E-state index is 12.3. The van der Waals surface area contributed by atoms with Crippen LogP contribution >= 0.6 is 11.3 Å². The zero-order valence-electron chi connectivity index (χ0n) is 14.0. The molecule has 4 nitrogen and oxygen atoms in total. The van der Waals surface area contributed by atoms with Gasteiger partial charge in [0.15, 0.2) is 0 Å². The molecule has 2 N–H and O–H groups in total. The summed E-state index contributed by atoms with van der Waals surface area (Å²) in [5.74, 6) is 0.428. The van der Waals surface area contributed by atoms with E-state index in [1.54, 1.807) is 11.3 Å². The van der Waals surface area contributed by atoms with E-state index in [-0.39, 0.29) is 11.6 Å². The van der Waals surface area contributed by atoms with Gasteiger partial charge in [0, 0.05) is 10.9 Å². The lowest BCUT2D eigenvalue weighted by atomic mass is 9.95. The minimum Gasteiger partial charge on any atom is -0.384 e. The number of hydrogen-bond acceptors (Lipinski definition) is 4. The van der Waals surface area contributed by atoms with E-state index in [4.69, 9.17) is 0 Å². The Hall–Kier alpha value is -2.40. The molecule has 2 aromatic heterocycles. The average molecular weight is 339 g/mol. The summed E-state index contributed by atoms with van der Waals surface area (Å²) in [4.78, 5) is 19.8. The predicted molar refractivity (Wildman–Crippen MR) is 101 cm³/mol. The van der Waals surface area contributed by atoms with Crippen molar-refractivity contribution in [3.63, 3.8) is 0 Å². The van der Waals surface area contributed by atoms with Gasteiger partial charge in [-0.3, -0.25) is 4.79 Å². The fourth-order valence-corrected chi connectivity index (χ4v) is 3.40. The molecule has 124 valence electrons. The molecule has 24 heavy (non-hydrogen) atoms. The van der Waals surface area contributed by atoms with E-state index in [1.807, 2.05) is 48.2 Å². The molecular formula is C19H21N3OS. The van der Waals surface area contributed by atoms with Gasteiger partial charge in [0.05, 0.1) is 17.1 Å². The van der Waals surface area contributed by atoms with Gasteiger partial charge >= 0.3 is 0 Å². The third kappa shape index (κ3) is 3.26. The first-order valence-electron chi connectivity index (χ1n) is 8.04. The maximum Gasteiger partial charge on any atom is 0.274 e. The minimum atomic E-state index is -0.152. The third-order valence-electron chi connectivity index (χ3n) is 3.98. The molecule has 0 amide bonds. The zero-order valence-corrected chi connectivity index (χ0v) is 14.9. The molecule has 3 rings (SSSR count). The first kappa shape index (κ1) is 16.5. The van der Waals surface area contributed by atoms with Gasteiger partial charge in [-0.1, -0.05) is 26.0 Å². The third-order valence-corrected chi connectivity index (χ3v) is 4.66. The van der Waals surface area contributed by atoms with Crippen LogP contribution in [0.1, 0.15) is 32.4 Å². The number of thiophene rings is 1. The van der Waals surface area contributed by atoms with Gasteiger partial charge in [-0.25, -0.2) is 4.98 Å². The van der Waals surface area contributed by atoms with E-state index in [0.717, 1.165) is 22.2 Å². The summed E-state index contributed by atoms with van der Waals surface area (Å²) >= 11 is 1.56. The number of rotatable bonds is 5. The first-order valence-corrected chi connectivity index (χ1v) is 8.98. The van der Waals surface area contributed by atoms with Crippen LogP contribution in [0, 0.1) is 5.92 Å². The highest BCUT2D eigenvalue weighted by molar-refractivity contribution is 7.08. The molecule has 0 aliphatic rings. The largest absolute Gasteiger partial charge is 0.384 e. The number of H-pyrrole nitrogens is 1. The Morgan fingerprint density at radius 2 is 2.12 bits per heavy atom. The van der Waals surface area contributed by atoms with Crippen molar-refractivity contribution in [3.8, 4) is 11.3 Å². The van der Waals surface area contributed by atoms with Crippen LogP contribution in [0.15, 0.2) is 52.1 Å². The zero-order chi connectivity index (χ0) is 17.1. The van der Waals surface area contributed by atoms with Crippen molar-refractivity contribution in [2.75, 3.05) is 0 Å². The quantitative estimate of drug-likeness (QED) is 0.721. The summed E-state index contributed by atoms with van der Waals surface area (Å²) in [6, 6.07) is 8.16. The molecular weight excluding hydrogens is 318 g/mol. The molecule has 0 spiro atoms. The second kappa shape index (κ2) is 7.01. The van der Waals surface area contributed by atoms with Crippen molar-refractivity contribution in [2.24, 2.45) is 5.92 Å². The van der Waals surface area contributed by atoms with E-state index in [1.165, 1.54) is 0 Å². The van der Waals surface area contributed by atoms with Crippen LogP contribution in [0.2, 0.25) is 0 Å². The number of nitrogens with zero attached hydrogens (tertiary/aromatic N) is 1. The molecule has 0 fully saturated rings. The molecule has 0 radical (unpaired) electrons. The summed E-state index contributed by atoms with van der Waals surface area (Å²) in [6.07, 6.45) is 3.95. The van der Waals surface area contributed by atoms with Crippen LogP contribution < -0.4 is 10.9 Å². The van der Waals surface area contributed by atoms with Crippen LogP contribution in [0.25, 0.3) is 22.3 Å². The molecule has 1 atom stereocenters. The van der Waals surface area contributed by atoms with Gasteiger partial charge in [-0.2, -0.15) is 11.3 Å². The predicted octanol–water partition coefficient (Wildman–Crippen LogP) is 4.47. The van der Waals surface area contributed by atoms with Gasteiger partial charge in [0.2, 0.25) is 0 Å². The van der Waals surface area contributed by atoms with Crippen LogP contribution in [0.5, 0.6) is 0 Å². The molecule has 0 bridgehead atoms. The van der Waals surface area contributed by atoms with Crippen molar-refractivity contribution in [2.45, 2.75) is 26.8 Å². The van der Waals surface area contributed by atoms with Gasteiger partial charge in [0.1, 0.15) is 5.69 Å².